The summed E-state index contributed by atoms with van der Waals surface area (Å²) in [4.78, 5) is 28.4. The van der Waals surface area contributed by atoms with E-state index in [1.165, 1.54) is 0 Å². The molecule has 21 heavy (non-hydrogen) atoms. The van der Waals surface area contributed by atoms with E-state index in [-0.39, 0.29) is 35.7 Å². The fourth-order valence-electron chi connectivity index (χ4n) is 3.69. The molecule has 2 N–H and O–H groups in total. The standard InChI is InChI=1S/C16H29N3O2/c1-11-13(17)7-6-12(16(11,2)3)15(21)19-9-5-8-18(4)14(20)10-19/h11-13H,5-10,17H2,1-4H3. The third-order valence-corrected chi connectivity index (χ3v) is 5.79. The highest BCUT2D eigenvalue weighted by Crippen LogP contribution is 2.45. The van der Waals surface area contributed by atoms with Crippen molar-refractivity contribution in [1.29, 1.82) is 0 Å². The number of hydrogen-bond donors (Lipinski definition) is 1. The third-order valence-electron chi connectivity index (χ3n) is 5.79. The van der Waals surface area contributed by atoms with E-state index in [2.05, 4.69) is 20.8 Å². The molecule has 1 aliphatic carbocycles. The molecule has 3 atom stereocenters. The molecule has 0 aromatic rings. The fourth-order valence-corrected chi connectivity index (χ4v) is 3.69. The Morgan fingerprint density at radius 2 is 1.95 bits per heavy atom. The van der Waals surface area contributed by atoms with Crippen molar-refractivity contribution in [2.45, 2.75) is 46.1 Å². The van der Waals surface area contributed by atoms with Crippen molar-refractivity contribution in [2.24, 2.45) is 23.0 Å². The smallest absolute Gasteiger partial charge is 0.241 e. The van der Waals surface area contributed by atoms with Crippen molar-refractivity contribution in [3.63, 3.8) is 0 Å². The molecular formula is C16H29N3O2. The number of nitrogens with zero attached hydrogens (tertiary/aromatic N) is 2. The van der Waals surface area contributed by atoms with Gasteiger partial charge in [-0.2, -0.15) is 0 Å². The van der Waals surface area contributed by atoms with Gasteiger partial charge in [-0.15, -0.1) is 0 Å². The summed E-state index contributed by atoms with van der Waals surface area (Å²) in [7, 11) is 1.81. The molecule has 1 heterocycles. The van der Waals surface area contributed by atoms with Crippen LogP contribution in [0.25, 0.3) is 0 Å². The van der Waals surface area contributed by atoms with Crippen LogP contribution in [0, 0.1) is 17.3 Å². The van der Waals surface area contributed by atoms with E-state index >= 15 is 0 Å². The summed E-state index contributed by atoms with van der Waals surface area (Å²) in [6, 6.07) is 0.168. The molecule has 1 aliphatic heterocycles. The molecule has 5 nitrogen and oxygen atoms in total. The van der Waals surface area contributed by atoms with Gasteiger partial charge in [0.05, 0.1) is 6.54 Å². The highest BCUT2D eigenvalue weighted by molar-refractivity contribution is 5.86. The summed E-state index contributed by atoms with van der Waals surface area (Å²) in [6.45, 7) is 8.07. The van der Waals surface area contributed by atoms with Gasteiger partial charge in [-0.3, -0.25) is 9.59 Å². The van der Waals surface area contributed by atoms with Gasteiger partial charge in [-0.05, 0) is 30.6 Å². The zero-order chi connectivity index (χ0) is 15.8. The third kappa shape index (κ3) is 3.07. The van der Waals surface area contributed by atoms with Gasteiger partial charge in [-0.25, -0.2) is 0 Å². The zero-order valence-electron chi connectivity index (χ0n) is 13.8. The Balaban J connectivity index is 2.13. The Bertz CT molecular complexity index is 422. The summed E-state index contributed by atoms with van der Waals surface area (Å²) >= 11 is 0. The summed E-state index contributed by atoms with van der Waals surface area (Å²) < 4.78 is 0. The number of likely N-dealkylation sites (N-methyl/N-ethyl adjacent to an activating group) is 1. The molecule has 3 unspecified atom stereocenters. The van der Waals surface area contributed by atoms with Crippen LogP contribution in [0.1, 0.15) is 40.0 Å². The van der Waals surface area contributed by atoms with Crippen LogP contribution in [0.5, 0.6) is 0 Å². The maximum Gasteiger partial charge on any atom is 0.241 e. The van der Waals surface area contributed by atoms with Crippen LogP contribution >= 0.6 is 0 Å². The SMILES string of the molecule is CC1C(N)CCC(C(=O)N2CCCN(C)C(=O)C2)C1(C)C. The molecule has 120 valence electrons. The van der Waals surface area contributed by atoms with Gasteiger partial charge in [0.25, 0.3) is 0 Å². The van der Waals surface area contributed by atoms with Crippen LogP contribution in [0.4, 0.5) is 0 Å². The van der Waals surface area contributed by atoms with Crippen LogP contribution in [-0.2, 0) is 9.59 Å². The molecule has 2 aliphatic rings. The minimum atomic E-state index is -0.115. The van der Waals surface area contributed by atoms with Crippen molar-refractivity contribution >= 4 is 11.8 Å². The Morgan fingerprint density at radius 1 is 1.29 bits per heavy atom. The molecule has 0 spiro atoms. The quantitative estimate of drug-likeness (QED) is 0.787. The number of carbonyl (C=O) groups excluding carboxylic acids is 2. The highest BCUT2D eigenvalue weighted by Gasteiger charge is 2.46. The van der Waals surface area contributed by atoms with Crippen LogP contribution < -0.4 is 5.73 Å². The molecule has 2 rings (SSSR count). The van der Waals surface area contributed by atoms with Crippen LogP contribution in [-0.4, -0.2) is 54.3 Å². The lowest BCUT2D eigenvalue weighted by Gasteiger charge is -2.47. The van der Waals surface area contributed by atoms with E-state index in [1.807, 2.05) is 7.05 Å². The second kappa shape index (κ2) is 5.95. The lowest BCUT2D eigenvalue weighted by Crippen LogP contribution is -2.53. The van der Waals surface area contributed by atoms with Crippen molar-refractivity contribution in [3.8, 4) is 0 Å². The number of carbonyl (C=O) groups is 2. The number of rotatable bonds is 1. The van der Waals surface area contributed by atoms with E-state index in [0.717, 1.165) is 25.8 Å². The number of hydrogen-bond acceptors (Lipinski definition) is 3. The van der Waals surface area contributed by atoms with E-state index in [9.17, 15) is 9.59 Å². The Labute approximate surface area is 127 Å². The van der Waals surface area contributed by atoms with Gasteiger partial charge in [0.1, 0.15) is 0 Å². The largest absolute Gasteiger partial charge is 0.344 e. The summed E-state index contributed by atoms with van der Waals surface area (Å²) in [5, 5.41) is 0. The van der Waals surface area contributed by atoms with Crippen molar-refractivity contribution in [1.82, 2.24) is 9.80 Å². The van der Waals surface area contributed by atoms with Crippen molar-refractivity contribution in [2.75, 3.05) is 26.7 Å². The van der Waals surface area contributed by atoms with Gasteiger partial charge in [0, 0.05) is 32.1 Å². The molecule has 0 bridgehead atoms. The fraction of sp³-hybridized carbons (Fsp3) is 0.875. The predicted molar refractivity (Wildman–Crippen MR) is 82.5 cm³/mol. The highest BCUT2D eigenvalue weighted by atomic mass is 16.2. The lowest BCUT2D eigenvalue weighted by atomic mass is 9.60. The van der Waals surface area contributed by atoms with Crippen molar-refractivity contribution < 1.29 is 9.59 Å². The predicted octanol–water partition coefficient (Wildman–Crippen LogP) is 1.08. The minimum absolute atomic E-state index is 0.0245. The normalized spacial score (nSPS) is 33.8. The molecule has 2 fully saturated rings. The lowest BCUT2D eigenvalue weighted by molar-refractivity contribution is -0.146. The van der Waals surface area contributed by atoms with Gasteiger partial charge in [-0.1, -0.05) is 20.8 Å². The first kappa shape index (κ1) is 16.3. The molecule has 0 radical (unpaired) electrons. The van der Waals surface area contributed by atoms with Crippen LogP contribution in [0.2, 0.25) is 0 Å². The first-order valence-corrected chi connectivity index (χ1v) is 8.03. The minimum Gasteiger partial charge on any atom is -0.344 e. The average Bonchev–Trinajstić information content (AvgIpc) is 2.58. The second-order valence-electron chi connectivity index (χ2n) is 7.33. The second-order valence-corrected chi connectivity index (χ2v) is 7.33. The van der Waals surface area contributed by atoms with Gasteiger partial charge in [0.15, 0.2) is 0 Å². The molecule has 0 aromatic heterocycles. The van der Waals surface area contributed by atoms with Gasteiger partial charge < -0.3 is 15.5 Å². The number of amides is 2. The molecule has 5 heteroatoms. The van der Waals surface area contributed by atoms with Crippen LogP contribution in [0.3, 0.4) is 0 Å². The summed E-state index contributed by atoms with van der Waals surface area (Å²) in [5.41, 5.74) is 6.06. The maximum atomic E-state index is 12.9. The molecule has 1 saturated carbocycles. The van der Waals surface area contributed by atoms with E-state index in [1.54, 1.807) is 9.80 Å². The Hall–Kier alpha value is -1.10. The first-order chi connectivity index (χ1) is 9.75. The van der Waals surface area contributed by atoms with Gasteiger partial charge in [0.2, 0.25) is 11.8 Å². The maximum absolute atomic E-state index is 12.9. The Kier molecular flexibility index (Phi) is 4.61. The van der Waals surface area contributed by atoms with E-state index < -0.39 is 0 Å². The van der Waals surface area contributed by atoms with E-state index in [0.29, 0.717) is 12.5 Å². The molecular weight excluding hydrogens is 266 g/mol. The summed E-state index contributed by atoms with van der Waals surface area (Å²) in [5.74, 6) is 0.468. The van der Waals surface area contributed by atoms with Gasteiger partial charge >= 0.3 is 0 Å². The van der Waals surface area contributed by atoms with Crippen molar-refractivity contribution in [3.05, 3.63) is 0 Å². The number of nitrogens with two attached hydrogens (primary N) is 1. The zero-order valence-corrected chi connectivity index (χ0v) is 13.8. The molecule has 1 saturated heterocycles. The Morgan fingerprint density at radius 3 is 2.62 bits per heavy atom. The first-order valence-electron chi connectivity index (χ1n) is 8.03. The van der Waals surface area contributed by atoms with Crippen LogP contribution in [0.15, 0.2) is 0 Å². The average molecular weight is 295 g/mol. The van der Waals surface area contributed by atoms with E-state index in [4.69, 9.17) is 5.73 Å². The summed E-state index contributed by atoms with van der Waals surface area (Å²) in [6.07, 6.45) is 2.58. The molecule has 2 amide bonds. The molecule has 0 aromatic carbocycles. The topological polar surface area (TPSA) is 66.6 Å². The monoisotopic (exact) mass is 295 g/mol.